The van der Waals surface area contributed by atoms with E-state index >= 15 is 0 Å². The van der Waals surface area contributed by atoms with Gasteiger partial charge in [0, 0.05) is 0 Å². The summed E-state index contributed by atoms with van der Waals surface area (Å²) < 4.78 is 6.80. The average Bonchev–Trinajstić information content (AvgIpc) is 2.62. The Labute approximate surface area is 152 Å². The number of rotatable bonds is 4. The fourth-order valence-corrected chi connectivity index (χ4v) is 8.72. The molecule has 0 atom stereocenters. The zero-order valence-electron chi connectivity index (χ0n) is 13.3. The number of ether oxygens (including phenoxy) is 1. The minimum atomic E-state index is -2.06. The van der Waals surface area contributed by atoms with E-state index in [1.165, 1.54) is 19.5 Å². The molecule has 4 heteroatoms. The molecule has 0 unspecified atom stereocenters. The monoisotopic (exact) mass is 432 g/mol. The molecule has 23 heavy (non-hydrogen) atoms. The van der Waals surface area contributed by atoms with Crippen molar-refractivity contribution in [3.8, 4) is 5.75 Å². The Morgan fingerprint density at radius 2 is 1.48 bits per heavy atom. The van der Waals surface area contributed by atoms with Crippen molar-refractivity contribution in [2.75, 3.05) is 7.11 Å². The molecule has 1 nitrogen and oxygen atoms in total. The van der Waals surface area contributed by atoms with E-state index in [1.54, 1.807) is 7.11 Å². The van der Waals surface area contributed by atoms with Crippen LogP contribution in [0.5, 0.6) is 5.75 Å². The third-order valence-corrected chi connectivity index (χ3v) is 10.3. The number of hydrogen-bond acceptors (Lipinski definition) is 1. The number of benzene rings is 3. The summed E-state index contributed by atoms with van der Waals surface area (Å²) in [5.41, 5.74) is 0. The van der Waals surface area contributed by atoms with Crippen LogP contribution in [-0.4, -0.2) is 14.7 Å². The van der Waals surface area contributed by atoms with Gasteiger partial charge in [0.2, 0.25) is 0 Å². The summed E-state index contributed by atoms with van der Waals surface area (Å²) >= 11 is 2.46. The van der Waals surface area contributed by atoms with Gasteiger partial charge in [-0.2, -0.15) is 0 Å². The zero-order chi connectivity index (χ0) is 16.3. The van der Waals surface area contributed by atoms with E-state index in [2.05, 4.69) is 103 Å². The van der Waals surface area contributed by atoms with E-state index in [-0.39, 0.29) is 0 Å². The quantitative estimate of drug-likeness (QED) is 0.350. The maximum absolute atomic E-state index is 5.47. The maximum atomic E-state index is 5.47. The molecule has 116 valence electrons. The normalized spacial score (nSPS) is 11.9. The Morgan fingerprint density at radius 1 is 0.826 bits per heavy atom. The van der Waals surface area contributed by atoms with E-state index in [9.17, 15) is 0 Å². The Balaban J connectivity index is 2.28. The molecular weight excluding hydrogens is 413 g/mol. The van der Waals surface area contributed by atoms with E-state index < -0.39 is 7.14 Å². The van der Waals surface area contributed by atoms with Gasteiger partial charge in [-0.15, -0.1) is 0 Å². The molecule has 0 amide bonds. The van der Waals surface area contributed by atoms with Crippen molar-refractivity contribution in [3.05, 3.63) is 82.4 Å². The van der Waals surface area contributed by atoms with Crippen molar-refractivity contribution in [3.63, 3.8) is 0 Å². The molecule has 0 spiro atoms. The van der Waals surface area contributed by atoms with Crippen LogP contribution in [-0.2, 0) is 0 Å². The molecule has 0 radical (unpaired) electrons. The third kappa shape index (κ3) is 3.18. The second-order valence-electron chi connectivity index (χ2n) is 5.70. The van der Waals surface area contributed by atoms with Crippen LogP contribution >= 0.6 is 29.7 Å². The van der Waals surface area contributed by atoms with E-state index in [0.29, 0.717) is 0 Å². The number of hydrogen-bond donors (Lipinski definition) is 0. The molecule has 0 saturated carbocycles. The second kappa shape index (κ2) is 7.06. The molecule has 0 bridgehead atoms. The molecule has 3 rings (SSSR count). The van der Waals surface area contributed by atoms with Crippen LogP contribution < -0.4 is 20.7 Å². The predicted molar refractivity (Wildman–Crippen MR) is 114 cm³/mol. The first-order valence-electron chi connectivity index (χ1n) is 7.61. The van der Waals surface area contributed by atoms with E-state index in [1.807, 2.05) is 6.07 Å². The summed E-state index contributed by atoms with van der Waals surface area (Å²) in [6, 6.07) is 28.1. The molecule has 0 aliphatic carbocycles. The van der Waals surface area contributed by atoms with E-state index in [4.69, 9.17) is 4.74 Å². The molecule has 3 aromatic carbocycles. The first kappa shape index (κ1) is 16.5. The molecule has 0 aromatic heterocycles. The van der Waals surface area contributed by atoms with Crippen molar-refractivity contribution >= 4 is 53.2 Å². The minimum absolute atomic E-state index is 0.920. The first-order valence-corrected chi connectivity index (χ1v) is 11.2. The molecule has 0 heterocycles. The molecule has 0 saturated heterocycles. The van der Waals surface area contributed by atoms with Crippen LogP contribution in [0.25, 0.3) is 0 Å². The van der Waals surface area contributed by atoms with Crippen LogP contribution in [0.3, 0.4) is 0 Å². The van der Waals surface area contributed by atoms with Crippen molar-refractivity contribution in [2.24, 2.45) is 0 Å². The molecular formula is C19H19BIOP. The zero-order valence-corrected chi connectivity index (χ0v) is 16.4. The van der Waals surface area contributed by atoms with Gasteiger partial charge in [-0.25, -0.2) is 0 Å². The van der Waals surface area contributed by atoms with Gasteiger partial charge < -0.3 is 0 Å². The number of halogens is 1. The molecule has 0 fully saturated rings. The standard InChI is InChI=1S/C19H19BIOP/c1-22-15-8-7-11-17(14-15)23(20,16-9-3-2-4-10-16)19-13-6-5-12-18(19)21/h2-14,23H,20H2,1H3. The topological polar surface area (TPSA) is 9.23 Å². The van der Waals surface area contributed by atoms with Gasteiger partial charge in [0.25, 0.3) is 0 Å². The van der Waals surface area contributed by atoms with Crippen LogP contribution in [0.2, 0.25) is 0 Å². The summed E-state index contributed by atoms with van der Waals surface area (Å²) in [4.78, 5) is 0. The fourth-order valence-electron chi connectivity index (χ4n) is 3.05. The molecule has 0 aliphatic heterocycles. The van der Waals surface area contributed by atoms with Gasteiger partial charge in [-0.05, 0) is 0 Å². The predicted octanol–water partition coefficient (Wildman–Crippen LogP) is 2.87. The van der Waals surface area contributed by atoms with Gasteiger partial charge in [-0.1, -0.05) is 0 Å². The SMILES string of the molecule is B[PH](c1ccccc1)(c1cccc(OC)c1)c1ccccc1I. The van der Waals surface area contributed by atoms with Crippen molar-refractivity contribution in [2.45, 2.75) is 0 Å². The fraction of sp³-hybridized carbons (Fsp3) is 0.0526. The summed E-state index contributed by atoms with van der Waals surface area (Å²) in [7, 11) is 2.10. The molecule has 0 aliphatic rings. The Hall–Kier alpha value is -1.32. The Kier molecular flexibility index (Phi) is 5.08. The van der Waals surface area contributed by atoms with Gasteiger partial charge in [-0.3, -0.25) is 0 Å². The van der Waals surface area contributed by atoms with Gasteiger partial charge in [0.15, 0.2) is 0 Å². The van der Waals surface area contributed by atoms with Crippen molar-refractivity contribution in [1.82, 2.24) is 0 Å². The summed E-state index contributed by atoms with van der Waals surface area (Å²) in [5, 5.41) is 4.23. The van der Waals surface area contributed by atoms with Gasteiger partial charge in [0.1, 0.15) is 0 Å². The van der Waals surface area contributed by atoms with Gasteiger partial charge in [0.05, 0.1) is 0 Å². The van der Waals surface area contributed by atoms with Crippen molar-refractivity contribution < 1.29 is 4.74 Å². The van der Waals surface area contributed by atoms with E-state index in [0.717, 1.165) is 5.75 Å². The van der Waals surface area contributed by atoms with Crippen LogP contribution in [0.15, 0.2) is 78.9 Å². The van der Waals surface area contributed by atoms with Crippen LogP contribution in [0.4, 0.5) is 0 Å². The first-order chi connectivity index (χ1) is 11.2. The summed E-state index contributed by atoms with van der Waals surface area (Å²) in [6.07, 6.45) is 0. The van der Waals surface area contributed by atoms with Crippen LogP contribution in [0, 0.1) is 3.57 Å². The van der Waals surface area contributed by atoms with Crippen LogP contribution in [0.1, 0.15) is 0 Å². The number of methoxy groups -OCH3 is 1. The summed E-state index contributed by atoms with van der Waals surface area (Å²) in [6.45, 7) is 0. The van der Waals surface area contributed by atoms with Crippen molar-refractivity contribution in [1.29, 1.82) is 0 Å². The van der Waals surface area contributed by atoms with Gasteiger partial charge >= 0.3 is 153 Å². The average molecular weight is 432 g/mol. The third-order valence-electron chi connectivity index (χ3n) is 4.41. The molecule has 3 aromatic rings. The molecule has 0 N–H and O–H groups in total. The summed E-state index contributed by atoms with van der Waals surface area (Å²) in [5.74, 6) is 0.920. The Morgan fingerprint density at radius 3 is 2.17 bits per heavy atom. The second-order valence-corrected chi connectivity index (χ2v) is 10.8. The Bertz CT molecular complexity index is 809.